The number of piperazine rings is 1. The van der Waals surface area contributed by atoms with Crippen LogP contribution in [-0.2, 0) is 0 Å². The number of nitrogens with one attached hydrogen (secondary N) is 1. The van der Waals surface area contributed by atoms with Crippen LogP contribution in [0.1, 0.15) is 22.4 Å². The van der Waals surface area contributed by atoms with E-state index >= 15 is 0 Å². The lowest BCUT2D eigenvalue weighted by molar-refractivity contribution is 0.645. The third-order valence-electron chi connectivity index (χ3n) is 5.66. The van der Waals surface area contributed by atoms with Crippen LogP contribution in [0.15, 0.2) is 48.5 Å². The zero-order valence-corrected chi connectivity index (χ0v) is 17.7. The van der Waals surface area contributed by atoms with Gasteiger partial charge in [0, 0.05) is 43.6 Å². The maximum atomic E-state index is 9.32. The van der Waals surface area contributed by atoms with Gasteiger partial charge in [-0.05, 0) is 50.1 Å². The number of aryl methyl sites for hydroxylation is 2. The molecular weight excluding hydrogens is 372 g/mol. The van der Waals surface area contributed by atoms with Gasteiger partial charge in [0.15, 0.2) is 0 Å². The minimum Gasteiger partial charge on any atom is -0.368 e. The second kappa shape index (κ2) is 8.42. The molecule has 1 saturated heterocycles. The van der Waals surface area contributed by atoms with Crippen molar-refractivity contribution >= 4 is 23.1 Å². The second-order valence-corrected chi connectivity index (χ2v) is 7.67. The van der Waals surface area contributed by atoms with E-state index in [0.717, 1.165) is 43.4 Å². The molecule has 1 N–H and O–H groups in total. The average Bonchev–Trinajstić information content (AvgIpc) is 2.76. The Balaban J connectivity index is 1.50. The molecule has 0 aliphatic carbocycles. The summed E-state index contributed by atoms with van der Waals surface area (Å²) in [4.78, 5) is 14.0. The topological polar surface area (TPSA) is 68.1 Å². The van der Waals surface area contributed by atoms with E-state index in [0.29, 0.717) is 11.5 Å². The average molecular weight is 399 g/mol. The molecule has 2 heterocycles. The zero-order chi connectivity index (χ0) is 21.1. The quantitative estimate of drug-likeness (QED) is 0.705. The number of aromatic nitrogens is 2. The molecule has 6 heteroatoms. The van der Waals surface area contributed by atoms with Crippen molar-refractivity contribution in [3.63, 3.8) is 0 Å². The van der Waals surface area contributed by atoms with Crippen LogP contribution in [0.25, 0.3) is 0 Å². The lowest BCUT2D eigenvalue weighted by atomic mass is 10.1. The molecule has 4 rings (SSSR count). The number of hydrogen-bond acceptors (Lipinski definition) is 6. The molecule has 1 fully saturated rings. The lowest BCUT2D eigenvalue weighted by Crippen LogP contribution is -2.47. The van der Waals surface area contributed by atoms with Gasteiger partial charge < -0.3 is 15.1 Å². The van der Waals surface area contributed by atoms with Crippen LogP contribution in [0.2, 0.25) is 0 Å². The van der Waals surface area contributed by atoms with Gasteiger partial charge in [-0.15, -0.1) is 0 Å². The first-order valence-electron chi connectivity index (χ1n) is 10.2. The van der Waals surface area contributed by atoms with Crippen molar-refractivity contribution in [3.8, 4) is 6.07 Å². The third-order valence-corrected chi connectivity index (χ3v) is 5.66. The Bertz CT molecular complexity index is 1090. The van der Waals surface area contributed by atoms with Crippen molar-refractivity contribution in [3.05, 3.63) is 70.9 Å². The molecule has 2 aromatic carbocycles. The summed E-state index contributed by atoms with van der Waals surface area (Å²) in [5.41, 5.74) is 6.20. The van der Waals surface area contributed by atoms with Crippen LogP contribution in [0.4, 0.5) is 23.1 Å². The summed E-state index contributed by atoms with van der Waals surface area (Å²) in [5.74, 6) is 1.43. The molecule has 0 unspecified atom stereocenters. The van der Waals surface area contributed by atoms with Crippen LogP contribution >= 0.6 is 0 Å². The zero-order valence-electron chi connectivity index (χ0n) is 17.7. The number of benzene rings is 2. The Morgan fingerprint density at radius 3 is 2.40 bits per heavy atom. The molecule has 0 atom stereocenters. The summed E-state index contributed by atoms with van der Waals surface area (Å²) in [6.07, 6.45) is 0. The molecule has 0 radical (unpaired) electrons. The van der Waals surface area contributed by atoms with Gasteiger partial charge >= 0.3 is 0 Å². The number of nitrogens with zero attached hydrogens (tertiary/aromatic N) is 5. The molecule has 6 nitrogen and oxygen atoms in total. The molecular formula is C24H26N6. The molecule has 30 heavy (non-hydrogen) atoms. The van der Waals surface area contributed by atoms with Gasteiger partial charge in [-0.25, -0.2) is 4.98 Å². The monoisotopic (exact) mass is 398 g/mol. The number of hydrogen-bond donors (Lipinski definition) is 1. The Morgan fingerprint density at radius 1 is 0.900 bits per heavy atom. The predicted molar refractivity (Wildman–Crippen MR) is 122 cm³/mol. The Morgan fingerprint density at radius 2 is 1.63 bits per heavy atom. The van der Waals surface area contributed by atoms with E-state index < -0.39 is 0 Å². The fourth-order valence-electron chi connectivity index (χ4n) is 3.83. The third kappa shape index (κ3) is 4.06. The van der Waals surface area contributed by atoms with Gasteiger partial charge in [0.25, 0.3) is 0 Å². The van der Waals surface area contributed by atoms with Gasteiger partial charge in [0.2, 0.25) is 5.95 Å². The van der Waals surface area contributed by atoms with E-state index in [2.05, 4.69) is 58.2 Å². The van der Waals surface area contributed by atoms with Crippen molar-refractivity contribution in [2.75, 3.05) is 41.3 Å². The first kappa shape index (κ1) is 19.7. The van der Waals surface area contributed by atoms with Crippen molar-refractivity contribution in [1.29, 1.82) is 5.26 Å². The molecule has 0 saturated carbocycles. The van der Waals surface area contributed by atoms with Crippen LogP contribution in [-0.4, -0.2) is 36.1 Å². The molecule has 0 bridgehead atoms. The fourth-order valence-corrected chi connectivity index (χ4v) is 3.83. The highest BCUT2D eigenvalue weighted by Gasteiger charge is 2.20. The smallest absolute Gasteiger partial charge is 0.229 e. The van der Waals surface area contributed by atoms with Crippen molar-refractivity contribution < 1.29 is 0 Å². The van der Waals surface area contributed by atoms with E-state index in [4.69, 9.17) is 4.98 Å². The van der Waals surface area contributed by atoms with Gasteiger partial charge in [-0.3, -0.25) is 0 Å². The molecule has 0 amide bonds. The normalized spacial score (nSPS) is 13.8. The van der Waals surface area contributed by atoms with Gasteiger partial charge in [-0.1, -0.05) is 24.3 Å². The minimum atomic E-state index is 0.518. The van der Waals surface area contributed by atoms with E-state index in [1.165, 1.54) is 16.8 Å². The second-order valence-electron chi connectivity index (χ2n) is 7.67. The highest BCUT2D eigenvalue weighted by Crippen LogP contribution is 2.26. The van der Waals surface area contributed by atoms with Crippen LogP contribution in [0.5, 0.6) is 0 Å². The summed E-state index contributed by atoms with van der Waals surface area (Å²) in [6.45, 7) is 10.0. The summed E-state index contributed by atoms with van der Waals surface area (Å²) in [7, 11) is 0. The highest BCUT2D eigenvalue weighted by molar-refractivity contribution is 5.64. The Hall–Kier alpha value is -3.59. The van der Waals surface area contributed by atoms with Gasteiger partial charge in [-0.2, -0.15) is 10.2 Å². The fraction of sp³-hybridized carbons (Fsp3) is 0.292. The van der Waals surface area contributed by atoms with Crippen LogP contribution in [0, 0.1) is 32.1 Å². The van der Waals surface area contributed by atoms with Crippen molar-refractivity contribution in [1.82, 2.24) is 9.97 Å². The summed E-state index contributed by atoms with van der Waals surface area (Å²) in [6, 6.07) is 18.1. The standard InChI is InChI=1S/C24H26N6/c1-17-7-6-10-22(19(17)3)29-11-13-30(14-12-29)23-15-18(2)26-24(28-23)27-21-9-5-4-8-20(21)16-25/h4-10,15H,11-14H2,1-3H3,(H,26,27,28). The number of rotatable bonds is 4. The molecule has 1 aliphatic rings. The van der Waals surface area contributed by atoms with Crippen molar-refractivity contribution in [2.45, 2.75) is 20.8 Å². The molecule has 1 aromatic heterocycles. The Kier molecular flexibility index (Phi) is 5.53. The van der Waals surface area contributed by atoms with E-state index in [9.17, 15) is 5.26 Å². The van der Waals surface area contributed by atoms with Crippen LogP contribution < -0.4 is 15.1 Å². The lowest BCUT2D eigenvalue weighted by Gasteiger charge is -2.37. The van der Waals surface area contributed by atoms with E-state index in [-0.39, 0.29) is 0 Å². The number of anilines is 4. The first-order valence-corrected chi connectivity index (χ1v) is 10.2. The summed E-state index contributed by atoms with van der Waals surface area (Å²) >= 11 is 0. The Labute approximate surface area is 177 Å². The minimum absolute atomic E-state index is 0.518. The molecule has 1 aliphatic heterocycles. The molecule has 0 spiro atoms. The van der Waals surface area contributed by atoms with Crippen molar-refractivity contribution in [2.24, 2.45) is 0 Å². The maximum absolute atomic E-state index is 9.32. The van der Waals surface area contributed by atoms with Gasteiger partial charge in [0.1, 0.15) is 11.9 Å². The summed E-state index contributed by atoms with van der Waals surface area (Å²) < 4.78 is 0. The van der Waals surface area contributed by atoms with Gasteiger partial charge in [0.05, 0.1) is 11.3 Å². The maximum Gasteiger partial charge on any atom is 0.229 e. The predicted octanol–water partition coefficient (Wildman–Crippen LogP) is 4.34. The van der Waals surface area contributed by atoms with E-state index in [1.54, 1.807) is 6.07 Å². The number of nitriles is 1. The van der Waals surface area contributed by atoms with Crippen LogP contribution in [0.3, 0.4) is 0 Å². The largest absolute Gasteiger partial charge is 0.368 e. The molecule has 3 aromatic rings. The highest BCUT2D eigenvalue weighted by atomic mass is 15.3. The first-order chi connectivity index (χ1) is 14.5. The SMILES string of the molecule is Cc1cc(N2CCN(c3cccc(C)c3C)CC2)nc(Nc2ccccc2C#N)n1. The number of para-hydroxylation sites is 1. The molecule has 152 valence electrons. The summed E-state index contributed by atoms with van der Waals surface area (Å²) in [5, 5.41) is 12.5. The van der Waals surface area contributed by atoms with E-state index in [1.807, 2.05) is 31.2 Å².